The van der Waals surface area contributed by atoms with Gasteiger partial charge in [-0.25, -0.2) is 13.1 Å². The standard InChI is InChI=1S/C16H19NO3S/c1-13(2)17-21(18,19)16-10-6-7-14(11-16)12-20-15-8-4-3-5-9-15/h3-11,13,17H,12H2,1-2H3. The molecule has 0 spiro atoms. The lowest BCUT2D eigenvalue weighted by atomic mass is 10.2. The fourth-order valence-electron chi connectivity index (χ4n) is 1.86. The summed E-state index contributed by atoms with van der Waals surface area (Å²) in [5.74, 6) is 0.756. The van der Waals surface area contributed by atoms with Gasteiger partial charge in [0.05, 0.1) is 4.90 Å². The number of hydrogen-bond donors (Lipinski definition) is 1. The summed E-state index contributed by atoms with van der Waals surface area (Å²) in [6.07, 6.45) is 0. The minimum Gasteiger partial charge on any atom is -0.489 e. The molecule has 2 rings (SSSR count). The summed E-state index contributed by atoms with van der Waals surface area (Å²) in [6.45, 7) is 3.91. The quantitative estimate of drug-likeness (QED) is 0.892. The number of rotatable bonds is 6. The van der Waals surface area contributed by atoms with Crippen molar-refractivity contribution in [1.82, 2.24) is 4.72 Å². The van der Waals surface area contributed by atoms with Crippen molar-refractivity contribution < 1.29 is 13.2 Å². The summed E-state index contributed by atoms with van der Waals surface area (Å²) in [5.41, 5.74) is 0.811. The normalized spacial score (nSPS) is 11.6. The molecule has 0 aliphatic carbocycles. The molecule has 2 aromatic rings. The van der Waals surface area contributed by atoms with Gasteiger partial charge in [-0.1, -0.05) is 30.3 Å². The van der Waals surface area contributed by atoms with Gasteiger partial charge in [0, 0.05) is 6.04 Å². The number of hydrogen-bond acceptors (Lipinski definition) is 3. The van der Waals surface area contributed by atoms with Gasteiger partial charge in [0.15, 0.2) is 0 Å². The van der Waals surface area contributed by atoms with Crippen LogP contribution in [0.5, 0.6) is 5.75 Å². The van der Waals surface area contributed by atoms with Crippen LogP contribution in [-0.4, -0.2) is 14.5 Å². The zero-order chi connectivity index (χ0) is 15.3. The number of benzene rings is 2. The third kappa shape index (κ3) is 4.58. The Balaban J connectivity index is 2.11. The first-order valence-electron chi connectivity index (χ1n) is 6.76. The van der Waals surface area contributed by atoms with Gasteiger partial charge in [-0.2, -0.15) is 0 Å². The van der Waals surface area contributed by atoms with Crippen LogP contribution < -0.4 is 9.46 Å². The molecular formula is C16H19NO3S. The predicted octanol–water partition coefficient (Wildman–Crippen LogP) is 2.95. The highest BCUT2D eigenvalue weighted by atomic mass is 32.2. The first-order chi connectivity index (χ1) is 9.97. The average Bonchev–Trinajstić information content (AvgIpc) is 2.45. The van der Waals surface area contributed by atoms with Crippen LogP contribution in [0.2, 0.25) is 0 Å². The van der Waals surface area contributed by atoms with E-state index in [-0.39, 0.29) is 10.9 Å². The van der Waals surface area contributed by atoms with E-state index in [4.69, 9.17) is 4.74 Å². The first-order valence-corrected chi connectivity index (χ1v) is 8.25. The van der Waals surface area contributed by atoms with Gasteiger partial charge in [0.25, 0.3) is 0 Å². The number of para-hydroxylation sites is 1. The van der Waals surface area contributed by atoms with Crippen LogP contribution in [0, 0.1) is 0 Å². The molecule has 0 amide bonds. The zero-order valence-electron chi connectivity index (χ0n) is 12.1. The number of nitrogens with one attached hydrogen (secondary N) is 1. The molecule has 0 atom stereocenters. The van der Waals surface area contributed by atoms with Crippen molar-refractivity contribution >= 4 is 10.0 Å². The van der Waals surface area contributed by atoms with Crippen LogP contribution in [0.4, 0.5) is 0 Å². The van der Waals surface area contributed by atoms with Gasteiger partial charge in [0.1, 0.15) is 12.4 Å². The molecule has 0 unspecified atom stereocenters. The van der Waals surface area contributed by atoms with E-state index in [1.54, 1.807) is 32.0 Å². The maximum Gasteiger partial charge on any atom is 0.240 e. The third-order valence-electron chi connectivity index (χ3n) is 2.75. The Labute approximate surface area is 125 Å². The van der Waals surface area contributed by atoms with E-state index in [1.165, 1.54) is 0 Å². The summed E-state index contributed by atoms with van der Waals surface area (Å²) in [6, 6.07) is 16.1. The summed E-state index contributed by atoms with van der Waals surface area (Å²) < 4.78 is 32.4. The lowest BCUT2D eigenvalue weighted by Gasteiger charge is -2.11. The lowest BCUT2D eigenvalue weighted by molar-refractivity contribution is 0.306. The average molecular weight is 305 g/mol. The van der Waals surface area contributed by atoms with Crippen LogP contribution in [0.15, 0.2) is 59.5 Å². The van der Waals surface area contributed by atoms with Crippen molar-refractivity contribution in [2.45, 2.75) is 31.4 Å². The molecule has 0 saturated heterocycles. The number of sulfonamides is 1. The SMILES string of the molecule is CC(C)NS(=O)(=O)c1cccc(COc2ccccc2)c1. The maximum absolute atomic E-state index is 12.1. The summed E-state index contributed by atoms with van der Waals surface area (Å²) in [4.78, 5) is 0.255. The van der Waals surface area contributed by atoms with Gasteiger partial charge in [0.2, 0.25) is 10.0 Å². The van der Waals surface area contributed by atoms with Crippen molar-refractivity contribution in [2.75, 3.05) is 0 Å². The molecule has 21 heavy (non-hydrogen) atoms. The van der Waals surface area contributed by atoms with Crippen molar-refractivity contribution in [3.8, 4) is 5.75 Å². The second-order valence-electron chi connectivity index (χ2n) is 5.03. The van der Waals surface area contributed by atoms with Crippen LogP contribution in [0.25, 0.3) is 0 Å². The molecular weight excluding hydrogens is 286 g/mol. The molecule has 0 bridgehead atoms. The summed E-state index contributed by atoms with van der Waals surface area (Å²) in [7, 11) is -3.47. The van der Waals surface area contributed by atoms with Gasteiger partial charge < -0.3 is 4.74 Å². The predicted molar refractivity (Wildman–Crippen MR) is 82.7 cm³/mol. The van der Waals surface area contributed by atoms with Crippen molar-refractivity contribution in [2.24, 2.45) is 0 Å². The van der Waals surface area contributed by atoms with Gasteiger partial charge in [-0.3, -0.25) is 0 Å². The van der Waals surface area contributed by atoms with Gasteiger partial charge in [-0.05, 0) is 43.7 Å². The molecule has 4 nitrogen and oxygen atoms in total. The minimum atomic E-state index is -3.47. The van der Waals surface area contributed by atoms with Crippen LogP contribution in [0.1, 0.15) is 19.4 Å². The highest BCUT2D eigenvalue weighted by Gasteiger charge is 2.15. The largest absolute Gasteiger partial charge is 0.489 e. The van der Waals surface area contributed by atoms with E-state index >= 15 is 0 Å². The molecule has 5 heteroatoms. The Morgan fingerprint density at radius 3 is 2.43 bits per heavy atom. The Morgan fingerprint density at radius 1 is 1.05 bits per heavy atom. The highest BCUT2D eigenvalue weighted by molar-refractivity contribution is 7.89. The smallest absolute Gasteiger partial charge is 0.240 e. The molecule has 0 fully saturated rings. The van der Waals surface area contributed by atoms with Crippen molar-refractivity contribution in [1.29, 1.82) is 0 Å². The molecule has 0 radical (unpaired) electrons. The topological polar surface area (TPSA) is 55.4 Å². The van der Waals surface area contributed by atoms with Crippen LogP contribution in [-0.2, 0) is 16.6 Å². The lowest BCUT2D eigenvalue weighted by Crippen LogP contribution is -2.30. The van der Waals surface area contributed by atoms with E-state index < -0.39 is 10.0 Å². The molecule has 0 aliphatic heterocycles. The summed E-state index contributed by atoms with van der Waals surface area (Å²) >= 11 is 0. The second kappa shape index (κ2) is 6.74. The number of ether oxygens (including phenoxy) is 1. The Kier molecular flexibility index (Phi) is 4.98. The fraction of sp³-hybridized carbons (Fsp3) is 0.250. The third-order valence-corrected chi connectivity index (χ3v) is 4.40. The van der Waals surface area contributed by atoms with Crippen molar-refractivity contribution in [3.63, 3.8) is 0 Å². The maximum atomic E-state index is 12.1. The van der Waals surface area contributed by atoms with Gasteiger partial charge in [-0.15, -0.1) is 0 Å². The molecule has 112 valence electrons. The first kappa shape index (κ1) is 15.5. The Hall–Kier alpha value is -1.85. The molecule has 0 aromatic heterocycles. The van der Waals surface area contributed by atoms with E-state index in [9.17, 15) is 8.42 Å². The monoisotopic (exact) mass is 305 g/mol. The Bertz CT molecular complexity index is 682. The fourth-order valence-corrected chi connectivity index (χ4v) is 3.19. The van der Waals surface area contributed by atoms with Crippen LogP contribution in [0.3, 0.4) is 0 Å². The molecule has 0 saturated carbocycles. The van der Waals surface area contributed by atoms with E-state index in [0.29, 0.717) is 6.61 Å². The highest BCUT2D eigenvalue weighted by Crippen LogP contribution is 2.15. The van der Waals surface area contributed by atoms with Gasteiger partial charge >= 0.3 is 0 Å². The van der Waals surface area contributed by atoms with Crippen LogP contribution >= 0.6 is 0 Å². The second-order valence-corrected chi connectivity index (χ2v) is 6.74. The summed E-state index contributed by atoms with van der Waals surface area (Å²) in [5, 5.41) is 0. The molecule has 1 N–H and O–H groups in total. The van der Waals surface area contributed by atoms with E-state index in [2.05, 4.69) is 4.72 Å². The van der Waals surface area contributed by atoms with E-state index in [0.717, 1.165) is 11.3 Å². The molecule has 0 heterocycles. The molecule has 2 aromatic carbocycles. The Morgan fingerprint density at radius 2 is 1.76 bits per heavy atom. The molecule has 0 aliphatic rings. The van der Waals surface area contributed by atoms with Crippen molar-refractivity contribution in [3.05, 3.63) is 60.2 Å². The minimum absolute atomic E-state index is 0.140. The van der Waals surface area contributed by atoms with E-state index in [1.807, 2.05) is 36.4 Å². The zero-order valence-corrected chi connectivity index (χ0v) is 12.9.